The maximum Gasteiger partial charge on any atom is 0.165 e. The van der Waals surface area contributed by atoms with Crippen LogP contribution in [0.5, 0.6) is 0 Å². The van der Waals surface area contributed by atoms with Crippen molar-refractivity contribution >= 4 is 17.2 Å². The summed E-state index contributed by atoms with van der Waals surface area (Å²) in [6.45, 7) is 6.82. The summed E-state index contributed by atoms with van der Waals surface area (Å²) in [5.74, 6) is 0.223. The number of rotatable bonds is 10. The third kappa shape index (κ3) is 4.70. The van der Waals surface area contributed by atoms with Crippen LogP contribution >= 0.6 is 0 Å². The maximum absolute atomic E-state index is 12.5. The second-order valence-corrected chi connectivity index (χ2v) is 8.57. The predicted octanol–water partition coefficient (Wildman–Crippen LogP) is 3.69. The highest BCUT2D eigenvalue weighted by Crippen LogP contribution is 2.29. The van der Waals surface area contributed by atoms with Gasteiger partial charge in [-0.05, 0) is 51.3 Å². The Morgan fingerprint density at radius 1 is 1.18 bits per heavy atom. The quantitative estimate of drug-likeness (QED) is 0.347. The van der Waals surface area contributed by atoms with Gasteiger partial charge in [0.2, 0.25) is 0 Å². The number of carbonyl (C=O) groups is 1. The van der Waals surface area contributed by atoms with Gasteiger partial charge in [-0.25, -0.2) is 4.98 Å². The number of nitrogens with two attached hydrogens (primary N) is 1. The van der Waals surface area contributed by atoms with Gasteiger partial charge in [-0.2, -0.15) is 14.7 Å². The molecule has 0 aliphatic rings. The van der Waals surface area contributed by atoms with E-state index in [9.17, 15) is 4.79 Å². The summed E-state index contributed by atoms with van der Waals surface area (Å²) in [5, 5.41) is 12.4. The van der Waals surface area contributed by atoms with E-state index in [0.717, 1.165) is 48.3 Å². The maximum atomic E-state index is 12.5. The number of nitrogen functional groups attached to an aromatic ring is 1. The Morgan fingerprint density at radius 3 is 2.62 bits per heavy atom. The van der Waals surface area contributed by atoms with E-state index >= 15 is 0 Å². The zero-order valence-electron chi connectivity index (χ0n) is 20.2. The average molecular weight is 461 g/mol. The molecule has 34 heavy (non-hydrogen) atoms. The molecule has 1 atom stereocenters. The van der Waals surface area contributed by atoms with Crippen molar-refractivity contribution in [2.75, 3.05) is 12.3 Å². The van der Waals surface area contributed by atoms with Crippen LogP contribution in [0.1, 0.15) is 56.1 Å². The molecule has 0 unspecified atom stereocenters. The van der Waals surface area contributed by atoms with Crippen LogP contribution in [-0.2, 0) is 13.5 Å². The summed E-state index contributed by atoms with van der Waals surface area (Å²) < 4.78 is 3.30. The Bertz CT molecular complexity index is 1290. The Morgan fingerprint density at radius 2 is 2.00 bits per heavy atom. The van der Waals surface area contributed by atoms with E-state index in [1.165, 1.54) is 6.92 Å². The molecule has 4 aromatic rings. The van der Waals surface area contributed by atoms with Crippen molar-refractivity contribution in [2.24, 2.45) is 7.05 Å². The molecule has 0 fully saturated rings. The second kappa shape index (κ2) is 10.1. The monoisotopic (exact) mass is 460 g/mol. The number of anilines is 1. The highest BCUT2D eigenvalue weighted by molar-refractivity contribution is 6.00. The van der Waals surface area contributed by atoms with E-state index in [4.69, 9.17) is 10.7 Å². The van der Waals surface area contributed by atoms with Gasteiger partial charge in [-0.15, -0.1) is 0 Å². The molecule has 178 valence electrons. The molecule has 0 amide bonds. The Kier molecular flexibility index (Phi) is 7.02. The van der Waals surface area contributed by atoms with E-state index < -0.39 is 0 Å². The van der Waals surface area contributed by atoms with Crippen LogP contribution < -0.4 is 11.1 Å². The smallest absolute Gasteiger partial charge is 0.165 e. The molecule has 0 spiro atoms. The Hall–Kier alpha value is -3.59. The fourth-order valence-corrected chi connectivity index (χ4v) is 4.20. The van der Waals surface area contributed by atoms with Crippen LogP contribution in [0.3, 0.4) is 0 Å². The topological polar surface area (TPSA) is 116 Å². The van der Waals surface area contributed by atoms with E-state index in [2.05, 4.69) is 34.3 Å². The molecule has 0 saturated heterocycles. The lowest BCUT2D eigenvalue weighted by Crippen LogP contribution is -2.30. The molecule has 0 aromatic carbocycles. The molecule has 4 heterocycles. The van der Waals surface area contributed by atoms with Crippen molar-refractivity contribution in [1.82, 2.24) is 34.7 Å². The summed E-state index contributed by atoms with van der Waals surface area (Å²) in [7, 11) is 1.88. The molecule has 9 heteroatoms. The van der Waals surface area contributed by atoms with Crippen LogP contribution in [0, 0.1) is 0 Å². The number of ketones is 1. The summed E-state index contributed by atoms with van der Waals surface area (Å²) in [6, 6.07) is 6.20. The van der Waals surface area contributed by atoms with Gasteiger partial charge in [-0.3, -0.25) is 14.5 Å². The first-order valence-electron chi connectivity index (χ1n) is 11.8. The van der Waals surface area contributed by atoms with Crippen molar-refractivity contribution < 1.29 is 4.79 Å². The van der Waals surface area contributed by atoms with Crippen LogP contribution in [0.25, 0.3) is 28.2 Å². The average Bonchev–Trinajstić information content (AvgIpc) is 3.45. The number of pyridine rings is 1. The van der Waals surface area contributed by atoms with Gasteiger partial charge < -0.3 is 11.1 Å². The summed E-state index contributed by atoms with van der Waals surface area (Å²) in [5.41, 5.74) is 11.5. The lowest BCUT2D eigenvalue weighted by atomic mass is 10.0. The molecule has 4 aromatic heterocycles. The Labute approximate surface area is 199 Å². The number of carbonyl (C=O) groups excluding carboxylic acids is 1. The van der Waals surface area contributed by atoms with Crippen molar-refractivity contribution in [3.8, 4) is 22.5 Å². The number of nitrogens with zero attached hydrogens (tertiary/aromatic N) is 6. The minimum absolute atomic E-state index is 0.102. The van der Waals surface area contributed by atoms with Gasteiger partial charge in [0.15, 0.2) is 11.4 Å². The number of hydrogen-bond acceptors (Lipinski definition) is 7. The van der Waals surface area contributed by atoms with Crippen LogP contribution in [-0.4, -0.2) is 47.7 Å². The number of aromatic nitrogens is 6. The van der Waals surface area contributed by atoms with Crippen LogP contribution in [0.15, 0.2) is 36.8 Å². The van der Waals surface area contributed by atoms with Crippen molar-refractivity contribution in [1.29, 1.82) is 0 Å². The number of hydrogen-bond donors (Lipinski definition) is 2. The molecule has 9 nitrogen and oxygen atoms in total. The van der Waals surface area contributed by atoms with Crippen LogP contribution in [0.4, 0.5) is 5.82 Å². The Balaban J connectivity index is 1.70. The lowest BCUT2D eigenvalue weighted by molar-refractivity contribution is 0.101. The highest BCUT2D eigenvalue weighted by Gasteiger charge is 2.21. The summed E-state index contributed by atoms with van der Waals surface area (Å²) in [4.78, 5) is 21.9. The number of nitrogens with one attached hydrogen (secondary N) is 1. The number of aryl methyl sites for hydroxylation is 2. The van der Waals surface area contributed by atoms with E-state index in [0.29, 0.717) is 35.2 Å². The largest absolute Gasteiger partial charge is 0.383 e. The summed E-state index contributed by atoms with van der Waals surface area (Å²) >= 11 is 0. The molecular weight excluding hydrogens is 428 g/mol. The minimum atomic E-state index is -0.102. The first kappa shape index (κ1) is 23.6. The van der Waals surface area contributed by atoms with E-state index in [1.54, 1.807) is 21.6 Å². The van der Waals surface area contributed by atoms with Gasteiger partial charge in [0.05, 0.1) is 23.1 Å². The first-order chi connectivity index (χ1) is 16.4. The van der Waals surface area contributed by atoms with Gasteiger partial charge in [-0.1, -0.05) is 19.9 Å². The van der Waals surface area contributed by atoms with Gasteiger partial charge in [0.25, 0.3) is 0 Å². The van der Waals surface area contributed by atoms with E-state index in [-0.39, 0.29) is 5.78 Å². The summed E-state index contributed by atoms with van der Waals surface area (Å²) in [6.07, 6.45) is 9.03. The third-order valence-corrected chi connectivity index (χ3v) is 6.07. The second-order valence-electron chi connectivity index (χ2n) is 8.57. The first-order valence-corrected chi connectivity index (χ1v) is 11.8. The number of Topliss-reactive ketones (excluding diaryl/α,β-unsaturated/α-hetero) is 1. The van der Waals surface area contributed by atoms with Crippen molar-refractivity contribution in [3.63, 3.8) is 0 Å². The van der Waals surface area contributed by atoms with Gasteiger partial charge >= 0.3 is 0 Å². The predicted molar refractivity (Wildman–Crippen MR) is 134 cm³/mol. The lowest BCUT2D eigenvalue weighted by Gasteiger charge is -2.17. The molecular formula is C25H32N8O. The minimum Gasteiger partial charge on any atom is -0.383 e. The molecule has 3 N–H and O–H groups in total. The molecule has 4 rings (SSSR count). The zero-order valence-corrected chi connectivity index (χ0v) is 20.2. The van der Waals surface area contributed by atoms with Crippen molar-refractivity contribution in [3.05, 3.63) is 48.0 Å². The van der Waals surface area contributed by atoms with Crippen molar-refractivity contribution in [2.45, 2.75) is 52.5 Å². The standard InChI is InChI=1S/C25H32N8O/c1-5-12-27-18(6-2)8-10-22-23(16(3)34)24(26)33-25(30-22)19(15-29-33)17-7-9-20(28-14-17)21-11-13-32(4)31-21/h7,9,11,13-15,18,27H,5-6,8,10,12,26H2,1-4H3/t18-/m1/s1. The van der Waals surface area contributed by atoms with Gasteiger partial charge in [0, 0.05) is 36.6 Å². The molecule has 0 radical (unpaired) electrons. The fourth-order valence-electron chi connectivity index (χ4n) is 4.20. The molecule has 0 saturated carbocycles. The highest BCUT2D eigenvalue weighted by atomic mass is 16.1. The van der Waals surface area contributed by atoms with E-state index in [1.807, 2.05) is 31.4 Å². The third-order valence-electron chi connectivity index (χ3n) is 6.07. The molecule has 0 bridgehead atoms. The van der Waals surface area contributed by atoms with Crippen LogP contribution in [0.2, 0.25) is 0 Å². The molecule has 0 aliphatic heterocycles. The number of fused-ring (bicyclic) bond motifs is 1. The zero-order chi connectivity index (χ0) is 24.2. The van der Waals surface area contributed by atoms with Gasteiger partial charge in [0.1, 0.15) is 11.5 Å². The normalized spacial score (nSPS) is 12.4. The fraction of sp³-hybridized carbons (Fsp3) is 0.400. The molecule has 0 aliphatic carbocycles. The SMILES string of the molecule is CCCN[C@H](CC)CCc1nc2c(-c3ccc(-c4ccn(C)n4)nc3)cnn2c(N)c1C(C)=O.